The van der Waals surface area contributed by atoms with Crippen LogP contribution in [0, 0.1) is 19.7 Å². The number of thiophene rings is 1. The highest BCUT2D eigenvalue weighted by atomic mass is 32.1. The second kappa shape index (κ2) is 6.53. The van der Waals surface area contributed by atoms with Crippen molar-refractivity contribution >= 4 is 34.3 Å². The number of halogens is 1. The van der Waals surface area contributed by atoms with Crippen LogP contribution in [0.5, 0.6) is 0 Å². The van der Waals surface area contributed by atoms with Gasteiger partial charge in [-0.05, 0) is 43.2 Å². The van der Waals surface area contributed by atoms with Crippen LogP contribution in [0.2, 0.25) is 0 Å². The van der Waals surface area contributed by atoms with Crippen LogP contribution >= 0.6 is 11.3 Å². The molecular formula is C16H14FNO3S. The third-order valence-electron chi connectivity index (χ3n) is 3.13. The quantitative estimate of drug-likeness (QED) is 0.841. The fraction of sp³-hybridized carbons (Fsp3) is 0.125. The van der Waals surface area contributed by atoms with Gasteiger partial charge in [0.2, 0.25) is 5.91 Å². The number of carbonyl (C=O) groups is 2. The average molecular weight is 319 g/mol. The van der Waals surface area contributed by atoms with E-state index < -0.39 is 11.9 Å². The first-order valence-corrected chi connectivity index (χ1v) is 7.28. The average Bonchev–Trinajstić information content (AvgIpc) is 2.73. The molecule has 0 atom stereocenters. The van der Waals surface area contributed by atoms with Crippen molar-refractivity contribution in [2.45, 2.75) is 13.8 Å². The van der Waals surface area contributed by atoms with Crippen molar-refractivity contribution in [2.75, 3.05) is 5.32 Å². The van der Waals surface area contributed by atoms with Crippen molar-refractivity contribution in [1.29, 1.82) is 0 Å². The fourth-order valence-electron chi connectivity index (χ4n) is 1.87. The van der Waals surface area contributed by atoms with Crippen molar-refractivity contribution in [2.24, 2.45) is 0 Å². The normalized spacial score (nSPS) is 10.9. The predicted octanol–water partition coefficient (Wildman–Crippen LogP) is 3.85. The minimum absolute atomic E-state index is 0.117. The van der Waals surface area contributed by atoms with Gasteiger partial charge in [-0.2, -0.15) is 0 Å². The summed E-state index contributed by atoms with van der Waals surface area (Å²) in [5, 5.41) is 12.1. The van der Waals surface area contributed by atoms with Gasteiger partial charge < -0.3 is 10.4 Å². The Morgan fingerprint density at radius 2 is 1.86 bits per heavy atom. The Morgan fingerprint density at radius 3 is 2.45 bits per heavy atom. The van der Waals surface area contributed by atoms with Gasteiger partial charge in [0.1, 0.15) is 10.8 Å². The SMILES string of the molecule is Cc1sc(NC(=O)/C=C/c2ccc(F)cc2)c(C(=O)O)c1C. The lowest BCUT2D eigenvalue weighted by molar-refractivity contribution is -0.111. The van der Waals surface area contributed by atoms with Gasteiger partial charge in [0.15, 0.2) is 0 Å². The number of carboxylic acids is 1. The zero-order valence-corrected chi connectivity index (χ0v) is 12.8. The molecule has 0 spiro atoms. The third-order valence-corrected chi connectivity index (χ3v) is 4.26. The molecule has 1 aromatic heterocycles. The highest BCUT2D eigenvalue weighted by Crippen LogP contribution is 2.32. The minimum atomic E-state index is -1.07. The number of amides is 1. The Morgan fingerprint density at radius 1 is 1.23 bits per heavy atom. The lowest BCUT2D eigenvalue weighted by Crippen LogP contribution is -2.10. The van der Waals surface area contributed by atoms with E-state index in [0.29, 0.717) is 16.1 Å². The topological polar surface area (TPSA) is 66.4 Å². The molecule has 0 bridgehead atoms. The standard InChI is InChI=1S/C16H14FNO3S/c1-9-10(2)22-15(14(9)16(20)21)18-13(19)8-5-11-3-6-12(17)7-4-11/h3-8H,1-2H3,(H,18,19)(H,20,21)/b8-5+. The van der Waals surface area contributed by atoms with Crippen LogP contribution in [0.4, 0.5) is 9.39 Å². The molecule has 2 aromatic rings. The Kier molecular flexibility index (Phi) is 4.72. The van der Waals surface area contributed by atoms with Crippen LogP contribution < -0.4 is 5.32 Å². The molecule has 114 valence electrons. The number of carboxylic acid groups (broad SMARTS) is 1. The van der Waals surface area contributed by atoms with Gasteiger partial charge >= 0.3 is 5.97 Å². The number of anilines is 1. The molecule has 0 radical (unpaired) electrons. The number of benzene rings is 1. The first-order valence-electron chi connectivity index (χ1n) is 6.46. The third kappa shape index (κ3) is 3.59. The lowest BCUT2D eigenvalue weighted by Gasteiger charge is -2.01. The van der Waals surface area contributed by atoms with Crippen molar-refractivity contribution in [3.8, 4) is 0 Å². The molecule has 4 nitrogen and oxygen atoms in total. The minimum Gasteiger partial charge on any atom is -0.478 e. The number of hydrogen-bond acceptors (Lipinski definition) is 3. The molecule has 2 rings (SSSR count). The van der Waals surface area contributed by atoms with Gasteiger partial charge in [0, 0.05) is 11.0 Å². The first-order chi connectivity index (χ1) is 10.4. The number of rotatable bonds is 4. The highest BCUT2D eigenvalue weighted by Gasteiger charge is 2.19. The molecule has 1 amide bonds. The van der Waals surface area contributed by atoms with E-state index in [4.69, 9.17) is 0 Å². The number of carbonyl (C=O) groups excluding carboxylic acids is 1. The summed E-state index contributed by atoms with van der Waals surface area (Å²) in [7, 11) is 0. The molecule has 0 unspecified atom stereocenters. The zero-order chi connectivity index (χ0) is 16.3. The number of nitrogens with one attached hydrogen (secondary N) is 1. The van der Waals surface area contributed by atoms with Crippen LogP contribution in [-0.4, -0.2) is 17.0 Å². The van der Waals surface area contributed by atoms with E-state index in [1.807, 2.05) is 0 Å². The van der Waals surface area contributed by atoms with E-state index in [2.05, 4.69) is 5.32 Å². The molecule has 2 N–H and O–H groups in total. The maximum absolute atomic E-state index is 12.8. The lowest BCUT2D eigenvalue weighted by atomic mass is 10.1. The van der Waals surface area contributed by atoms with Crippen LogP contribution in [0.15, 0.2) is 30.3 Å². The van der Waals surface area contributed by atoms with Crippen LogP contribution in [0.25, 0.3) is 6.08 Å². The zero-order valence-electron chi connectivity index (χ0n) is 12.0. The summed E-state index contributed by atoms with van der Waals surface area (Å²) in [5.41, 5.74) is 1.44. The molecule has 0 fully saturated rings. The largest absolute Gasteiger partial charge is 0.478 e. The number of hydrogen-bond donors (Lipinski definition) is 2. The summed E-state index contributed by atoms with van der Waals surface area (Å²) in [6, 6.07) is 5.68. The molecule has 1 heterocycles. The molecule has 6 heteroatoms. The maximum atomic E-state index is 12.8. The summed E-state index contributed by atoms with van der Waals surface area (Å²) >= 11 is 1.23. The van der Waals surface area contributed by atoms with E-state index in [9.17, 15) is 19.1 Å². The van der Waals surface area contributed by atoms with E-state index in [-0.39, 0.29) is 11.4 Å². The highest BCUT2D eigenvalue weighted by molar-refractivity contribution is 7.16. The van der Waals surface area contributed by atoms with E-state index in [1.165, 1.54) is 35.6 Å². The molecule has 1 aromatic carbocycles. The summed E-state index contributed by atoms with van der Waals surface area (Å²) < 4.78 is 12.8. The Hall–Kier alpha value is -2.47. The summed E-state index contributed by atoms with van der Waals surface area (Å²) in [4.78, 5) is 24.0. The Labute approximate surface area is 130 Å². The van der Waals surface area contributed by atoms with Crippen LogP contribution in [-0.2, 0) is 4.79 Å². The molecule has 0 aliphatic rings. The fourth-order valence-corrected chi connectivity index (χ4v) is 2.93. The smallest absolute Gasteiger partial charge is 0.338 e. The number of aryl methyl sites for hydroxylation is 1. The number of aromatic carboxylic acids is 1. The first kappa shape index (κ1) is 15.9. The van der Waals surface area contributed by atoms with E-state index in [1.54, 1.807) is 26.0 Å². The van der Waals surface area contributed by atoms with Gasteiger partial charge in [-0.3, -0.25) is 4.79 Å². The van der Waals surface area contributed by atoms with Crippen LogP contribution in [0.3, 0.4) is 0 Å². The monoisotopic (exact) mass is 319 g/mol. The maximum Gasteiger partial charge on any atom is 0.338 e. The van der Waals surface area contributed by atoms with Crippen molar-refractivity contribution in [1.82, 2.24) is 0 Å². The van der Waals surface area contributed by atoms with Gasteiger partial charge in [-0.1, -0.05) is 12.1 Å². The molecular weight excluding hydrogens is 305 g/mol. The molecule has 0 saturated carbocycles. The predicted molar refractivity (Wildman–Crippen MR) is 84.8 cm³/mol. The Bertz CT molecular complexity index is 747. The molecule has 0 aliphatic carbocycles. The van der Waals surface area contributed by atoms with Gasteiger partial charge in [0.25, 0.3) is 0 Å². The molecule has 0 aliphatic heterocycles. The molecule has 22 heavy (non-hydrogen) atoms. The van der Waals surface area contributed by atoms with Gasteiger partial charge in [-0.25, -0.2) is 9.18 Å². The van der Waals surface area contributed by atoms with Crippen molar-refractivity contribution in [3.05, 3.63) is 57.7 Å². The second-order valence-corrected chi connectivity index (χ2v) is 5.89. The Balaban J connectivity index is 2.14. The summed E-state index contributed by atoms with van der Waals surface area (Å²) in [6.45, 7) is 3.51. The van der Waals surface area contributed by atoms with Gasteiger partial charge in [-0.15, -0.1) is 11.3 Å². The van der Waals surface area contributed by atoms with Crippen molar-refractivity contribution in [3.63, 3.8) is 0 Å². The summed E-state index contributed by atoms with van der Waals surface area (Å²) in [5.74, 6) is -1.86. The second-order valence-electron chi connectivity index (χ2n) is 4.67. The molecule has 0 saturated heterocycles. The van der Waals surface area contributed by atoms with E-state index in [0.717, 1.165) is 4.88 Å². The van der Waals surface area contributed by atoms with Crippen molar-refractivity contribution < 1.29 is 19.1 Å². The summed E-state index contributed by atoms with van der Waals surface area (Å²) in [6.07, 6.45) is 2.81. The van der Waals surface area contributed by atoms with Crippen LogP contribution in [0.1, 0.15) is 26.4 Å². The van der Waals surface area contributed by atoms with E-state index >= 15 is 0 Å². The van der Waals surface area contributed by atoms with Gasteiger partial charge in [0.05, 0.1) is 5.56 Å².